The van der Waals surface area contributed by atoms with Crippen molar-refractivity contribution in [1.29, 1.82) is 0 Å². The third-order valence-corrected chi connectivity index (χ3v) is 3.05. The molecule has 108 valence electrons. The smallest absolute Gasteiger partial charge is 0.349 e. The van der Waals surface area contributed by atoms with Gasteiger partial charge in [-0.1, -0.05) is 6.07 Å². The molecule has 0 atom stereocenters. The number of benzene rings is 1. The molecule has 2 N–H and O–H groups in total. The van der Waals surface area contributed by atoms with Crippen molar-refractivity contribution in [1.82, 2.24) is 19.6 Å². The van der Waals surface area contributed by atoms with Gasteiger partial charge in [0.05, 0.1) is 0 Å². The van der Waals surface area contributed by atoms with Crippen LogP contribution in [0.25, 0.3) is 5.65 Å². The van der Waals surface area contributed by atoms with Crippen molar-refractivity contribution in [2.45, 2.75) is 13.5 Å². The molecule has 0 unspecified atom stereocenters. The summed E-state index contributed by atoms with van der Waals surface area (Å²) in [5, 5.41) is 9.09. The Morgan fingerprint density at radius 3 is 2.90 bits per heavy atom. The van der Waals surface area contributed by atoms with Crippen molar-refractivity contribution in [2.75, 3.05) is 5.32 Å². The number of hydrogen-bond acceptors (Lipinski definition) is 4. The lowest BCUT2D eigenvalue weighted by atomic mass is 10.2. The minimum absolute atomic E-state index is 0.142. The summed E-state index contributed by atoms with van der Waals surface area (Å²) in [7, 11) is 0. The lowest BCUT2D eigenvalue weighted by Crippen LogP contribution is -2.14. The van der Waals surface area contributed by atoms with Crippen LogP contribution >= 0.6 is 0 Å². The molecule has 21 heavy (non-hydrogen) atoms. The van der Waals surface area contributed by atoms with Gasteiger partial charge in [-0.3, -0.25) is 0 Å². The molecule has 0 saturated carbocycles. The fourth-order valence-corrected chi connectivity index (χ4v) is 2.04. The van der Waals surface area contributed by atoms with E-state index in [9.17, 15) is 13.6 Å². The average Bonchev–Trinajstić information content (AvgIpc) is 2.80. The molecule has 0 aliphatic heterocycles. The zero-order chi connectivity index (χ0) is 15.0. The van der Waals surface area contributed by atoms with Crippen LogP contribution in [0, 0.1) is 18.6 Å². The van der Waals surface area contributed by atoms with E-state index in [0.29, 0.717) is 22.9 Å². The zero-order valence-corrected chi connectivity index (χ0v) is 11.0. The largest absolute Gasteiger partial charge is 0.366 e. The Balaban J connectivity index is 1.87. The highest BCUT2D eigenvalue weighted by Crippen LogP contribution is 2.13. The summed E-state index contributed by atoms with van der Waals surface area (Å²) in [5.74, 6) is -0.352. The summed E-state index contributed by atoms with van der Waals surface area (Å²) in [6.45, 7) is 1.80. The molecule has 0 spiro atoms. The number of nitrogens with zero attached hydrogens (tertiary/aromatic N) is 3. The monoisotopic (exact) mass is 291 g/mol. The molecule has 8 heteroatoms. The fourth-order valence-electron chi connectivity index (χ4n) is 2.04. The number of aromatic amines is 1. The molecule has 3 rings (SSSR count). The molecule has 0 aliphatic rings. The maximum Gasteiger partial charge on any atom is 0.349 e. The van der Waals surface area contributed by atoms with Crippen molar-refractivity contribution >= 4 is 11.5 Å². The first-order valence-corrected chi connectivity index (χ1v) is 6.17. The van der Waals surface area contributed by atoms with Crippen LogP contribution in [0.5, 0.6) is 0 Å². The van der Waals surface area contributed by atoms with Crippen LogP contribution in [0.3, 0.4) is 0 Å². The number of fused-ring (bicyclic) bond motifs is 1. The van der Waals surface area contributed by atoms with Crippen LogP contribution in [0.4, 0.5) is 14.6 Å². The molecule has 0 aliphatic carbocycles. The van der Waals surface area contributed by atoms with E-state index in [-0.39, 0.29) is 12.2 Å². The number of halogens is 2. The highest BCUT2D eigenvalue weighted by atomic mass is 19.1. The predicted molar refractivity (Wildman–Crippen MR) is 72.0 cm³/mol. The molecule has 6 nitrogen and oxygen atoms in total. The second-order valence-corrected chi connectivity index (χ2v) is 4.50. The Hall–Kier alpha value is -2.77. The number of hydrogen-bond donors (Lipinski definition) is 2. The lowest BCUT2D eigenvalue weighted by molar-refractivity contribution is 0.574. The van der Waals surface area contributed by atoms with E-state index in [0.717, 1.165) is 6.07 Å². The molecule has 0 bridgehead atoms. The topological polar surface area (TPSA) is 75.1 Å². The number of aryl methyl sites for hydroxylation is 1. The number of rotatable bonds is 3. The van der Waals surface area contributed by atoms with Crippen LogP contribution in [-0.2, 0) is 6.54 Å². The highest BCUT2D eigenvalue weighted by Gasteiger charge is 2.08. The average molecular weight is 291 g/mol. The molecular formula is C13H11F2N5O. The second kappa shape index (κ2) is 4.97. The van der Waals surface area contributed by atoms with Gasteiger partial charge in [0.2, 0.25) is 0 Å². The van der Waals surface area contributed by atoms with Crippen LogP contribution in [-0.4, -0.2) is 19.6 Å². The van der Waals surface area contributed by atoms with E-state index in [1.165, 1.54) is 16.5 Å². The number of anilines is 1. The summed E-state index contributed by atoms with van der Waals surface area (Å²) in [4.78, 5) is 15.7. The molecule has 0 radical (unpaired) electrons. The van der Waals surface area contributed by atoms with Crippen LogP contribution in [0.1, 0.15) is 11.4 Å². The number of aromatic nitrogens is 4. The van der Waals surface area contributed by atoms with Crippen LogP contribution in [0.15, 0.2) is 29.1 Å². The maximum atomic E-state index is 13.5. The van der Waals surface area contributed by atoms with Gasteiger partial charge in [-0.25, -0.2) is 28.1 Å². The molecule has 0 amide bonds. The Labute approximate surface area is 117 Å². The molecule has 3 aromatic rings. The van der Waals surface area contributed by atoms with Crippen LogP contribution in [0.2, 0.25) is 0 Å². The van der Waals surface area contributed by atoms with Gasteiger partial charge in [0.15, 0.2) is 5.65 Å². The summed E-state index contributed by atoms with van der Waals surface area (Å²) in [5.41, 5.74) is 0.357. The Kier molecular flexibility index (Phi) is 3.13. The van der Waals surface area contributed by atoms with E-state index in [4.69, 9.17) is 0 Å². The standard InChI is InChI=1S/C13H11F2N5O/c1-7-17-11(5-12-18-19-13(21)20(7)12)16-6-8-2-3-9(14)4-10(8)15/h2-5,16H,6H2,1H3,(H,19,21). The van der Waals surface area contributed by atoms with Gasteiger partial charge >= 0.3 is 5.69 Å². The third-order valence-electron chi connectivity index (χ3n) is 3.05. The highest BCUT2D eigenvalue weighted by molar-refractivity contribution is 5.49. The first kappa shape index (κ1) is 13.2. The summed E-state index contributed by atoms with van der Waals surface area (Å²) in [6, 6.07) is 4.94. The fraction of sp³-hybridized carbons (Fsp3) is 0.154. The first-order chi connectivity index (χ1) is 10.0. The van der Waals surface area contributed by atoms with E-state index >= 15 is 0 Å². The van der Waals surface area contributed by atoms with Gasteiger partial charge in [-0.15, -0.1) is 0 Å². The first-order valence-electron chi connectivity index (χ1n) is 6.17. The SMILES string of the molecule is Cc1nc(NCc2ccc(F)cc2F)cc2n[nH]c(=O)n12. The zero-order valence-electron chi connectivity index (χ0n) is 11.0. The van der Waals surface area contributed by atoms with Crippen molar-refractivity contribution in [3.05, 3.63) is 57.8 Å². The minimum Gasteiger partial charge on any atom is -0.366 e. The lowest BCUT2D eigenvalue weighted by Gasteiger charge is -2.08. The van der Waals surface area contributed by atoms with Gasteiger partial charge in [-0.05, 0) is 13.0 Å². The van der Waals surface area contributed by atoms with Gasteiger partial charge < -0.3 is 5.32 Å². The minimum atomic E-state index is -0.628. The molecule has 0 saturated heterocycles. The molecule has 2 heterocycles. The summed E-state index contributed by atoms with van der Waals surface area (Å²) < 4.78 is 27.7. The van der Waals surface area contributed by atoms with Gasteiger partial charge in [-0.2, -0.15) is 5.10 Å². The van der Waals surface area contributed by atoms with Crippen molar-refractivity contribution < 1.29 is 8.78 Å². The van der Waals surface area contributed by atoms with Gasteiger partial charge in [0, 0.05) is 24.2 Å². The van der Waals surface area contributed by atoms with E-state index in [1.54, 1.807) is 13.0 Å². The summed E-state index contributed by atoms with van der Waals surface area (Å²) >= 11 is 0. The van der Waals surface area contributed by atoms with Gasteiger partial charge in [0.1, 0.15) is 23.3 Å². The molecule has 2 aromatic heterocycles. The number of H-pyrrole nitrogens is 1. The van der Waals surface area contributed by atoms with Gasteiger partial charge in [0.25, 0.3) is 0 Å². The van der Waals surface area contributed by atoms with Crippen molar-refractivity contribution in [3.63, 3.8) is 0 Å². The second-order valence-electron chi connectivity index (χ2n) is 4.50. The van der Waals surface area contributed by atoms with Crippen LogP contribution < -0.4 is 11.0 Å². The summed E-state index contributed by atoms with van der Waals surface area (Å²) in [6.07, 6.45) is 0. The Morgan fingerprint density at radius 2 is 2.14 bits per heavy atom. The van der Waals surface area contributed by atoms with E-state index in [2.05, 4.69) is 20.5 Å². The predicted octanol–water partition coefficient (Wildman–Crippen LogP) is 1.62. The molecule has 0 fully saturated rings. The molecule has 1 aromatic carbocycles. The quantitative estimate of drug-likeness (QED) is 0.769. The van der Waals surface area contributed by atoms with Crippen molar-refractivity contribution in [3.8, 4) is 0 Å². The molecular weight excluding hydrogens is 280 g/mol. The normalized spacial score (nSPS) is 11.0. The maximum absolute atomic E-state index is 13.5. The van der Waals surface area contributed by atoms with E-state index in [1.807, 2.05) is 0 Å². The number of nitrogens with one attached hydrogen (secondary N) is 2. The van der Waals surface area contributed by atoms with Crippen molar-refractivity contribution in [2.24, 2.45) is 0 Å². The van der Waals surface area contributed by atoms with E-state index < -0.39 is 11.6 Å². The Morgan fingerprint density at radius 1 is 1.33 bits per heavy atom. The Bertz CT molecular complexity index is 871. The third kappa shape index (κ3) is 2.47.